The van der Waals surface area contributed by atoms with Crippen LogP contribution in [0.25, 0.3) is 0 Å². The van der Waals surface area contributed by atoms with Crippen LogP contribution in [0.4, 0.5) is 0 Å². The zero-order chi connectivity index (χ0) is 5.54. The molecule has 0 aromatic heterocycles. The fraction of sp³-hybridized carbons (Fsp3) is 0.600. The minimum absolute atomic E-state index is 0.792. The smallest absolute Gasteiger partial charge is 0.00142 e. The Morgan fingerprint density at radius 2 is 2.43 bits per heavy atom. The highest BCUT2D eigenvalue weighted by molar-refractivity contribution is 8.02. The summed E-state index contributed by atoms with van der Waals surface area (Å²) in [4.78, 5) is 0. The van der Waals surface area contributed by atoms with Crippen molar-refractivity contribution in [3.8, 4) is 0 Å². The van der Waals surface area contributed by atoms with Gasteiger partial charge in [0.2, 0.25) is 0 Å². The molecule has 0 atom stereocenters. The molecule has 0 radical (unpaired) electrons. The molecule has 0 rings (SSSR count). The Morgan fingerprint density at radius 1 is 1.71 bits per heavy atom. The van der Waals surface area contributed by atoms with Crippen molar-refractivity contribution in [3.63, 3.8) is 0 Å². The van der Waals surface area contributed by atoms with Gasteiger partial charge in [-0.25, -0.2) is 0 Å². The van der Waals surface area contributed by atoms with E-state index in [0.29, 0.717) is 0 Å². The first-order chi connectivity index (χ1) is 3.41. The van der Waals surface area contributed by atoms with Gasteiger partial charge in [-0.3, -0.25) is 0 Å². The molecule has 0 aliphatic rings. The van der Waals surface area contributed by atoms with Crippen LogP contribution >= 0.6 is 11.8 Å². The summed E-state index contributed by atoms with van der Waals surface area (Å²) < 4.78 is 0. The third-order valence-electron chi connectivity index (χ3n) is 0.584. The fourth-order valence-corrected chi connectivity index (χ4v) is 0.750. The molecule has 0 amide bonds. The lowest BCUT2D eigenvalue weighted by Gasteiger charge is -1.88. The van der Waals surface area contributed by atoms with Crippen LogP contribution < -0.4 is 5.73 Å². The molecule has 0 spiro atoms. The first kappa shape index (κ1) is 7.05. The van der Waals surface area contributed by atoms with Crippen LogP contribution in [0.3, 0.4) is 0 Å². The molecule has 0 unspecified atom stereocenters. The maximum atomic E-state index is 5.22. The van der Waals surface area contributed by atoms with E-state index in [1.54, 1.807) is 11.8 Å². The van der Waals surface area contributed by atoms with Gasteiger partial charge in [0.05, 0.1) is 0 Å². The second-order valence-corrected chi connectivity index (χ2v) is 2.25. The van der Waals surface area contributed by atoms with E-state index in [9.17, 15) is 0 Å². The highest BCUT2D eigenvalue weighted by Gasteiger charge is 1.77. The number of hydrogen-bond acceptors (Lipinski definition) is 2. The molecule has 0 saturated heterocycles. The number of rotatable bonds is 4. The Kier molecular flexibility index (Phi) is 6.09. The lowest BCUT2D eigenvalue weighted by atomic mass is 10.5. The molecule has 0 aromatic rings. The quantitative estimate of drug-likeness (QED) is 0.560. The zero-order valence-corrected chi connectivity index (χ0v) is 5.21. The second-order valence-electron chi connectivity index (χ2n) is 1.18. The van der Waals surface area contributed by atoms with Gasteiger partial charge in [0.25, 0.3) is 0 Å². The molecule has 2 N–H and O–H groups in total. The fourth-order valence-electron chi connectivity index (χ4n) is 0.250. The maximum Gasteiger partial charge on any atom is -0.00142 e. The van der Waals surface area contributed by atoms with Crippen molar-refractivity contribution in [2.45, 2.75) is 6.42 Å². The molecule has 0 aliphatic carbocycles. The minimum Gasteiger partial charge on any atom is -0.330 e. The summed E-state index contributed by atoms with van der Waals surface area (Å²) in [5.41, 5.74) is 5.22. The summed E-state index contributed by atoms with van der Waals surface area (Å²) in [5.74, 6) is 1.11. The highest BCUT2D eigenvalue weighted by Crippen LogP contribution is 1.99. The average molecular weight is 117 g/mol. The molecule has 0 aliphatic heterocycles. The molecule has 2 heteroatoms. The Balaban J connectivity index is 2.56. The van der Waals surface area contributed by atoms with Crippen LogP contribution in [0.15, 0.2) is 12.0 Å². The van der Waals surface area contributed by atoms with Crippen molar-refractivity contribution >= 4 is 11.8 Å². The number of hydrogen-bond donors (Lipinski definition) is 1. The SMILES string of the molecule is C=CSCCCN. The van der Waals surface area contributed by atoms with Crippen LogP contribution in [0.1, 0.15) is 6.42 Å². The van der Waals surface area contributed by atoms with Gasteiger partial charge in [-0.2, -0.15) is 0 Å². The van der Waals surface area contributed by atoms with Gasteiger partial charge in [-0.15, -0.1) is 11.8 Å². The minimum atomic E-state index is 0.792. The van der Waals surface area contributed by atoms with Gasteiger partial charge in [0.15, 0.2) is 0 Å². The third-order valence-corrected chi connectivity index (χ3v) is 1.34. The lowest BCUT2D eigenvalue weighted by Crippen LogP contribution is -1.98. The predicted octanol–water partition coefficient (Wildman–Crippen LogP) is 1.21. The second kappa shape index (κ2) is 6.05. The van der Waals surface area contributed by atoms with Crippen molar-refractivity contribution in [2.24, 2.45) is 5.73 Å². The molecule has 0 bridgehead atoms. The maximum absolute atomic E-state index is 5.22. The van der Waals surface area contributed by atoms with E-state index < -0.39 is 0 Å². The topological polar surface area (TPSA) is 26.0 Å². The van der Waals surface area contributed by atoms with E-state index >= 15 is 0 Å². The molecule has 7 heavy (non-hydrogen) atoms. The van der Waals surface area contributed by atoms with Gasteiger partial charge >= 0.3 is 0 Å². The number of nitrogens with two attached hydrogens (primary N) is 1. The molecule has 0 saturated carbocycles. The number of thioether (sulfide) groups is 1. The molecule has 0 fully saturated rings. The van der Waals surface area contributed by atoms with Crippen LogP contribution in [-0.4, -0.2) is 12.3 Å². The monoisotopic (exact) mass is 117 g/mol. The van der Waals surface area contributed by atoms with Crippen LogP contribution in [0, 0.1) is 0 Å². The molecule has 0 aromatic carbocycles. The van der Waals surface area contributed by atoms with Gasteiger partial charge in [0, 0.05) is 0 Å². The van der Waals surface area contributed by atoms with E-state index in [1.165, 1.54) is 0 Å². The van der Waals surface area contributed by atoms with E-state index in [4.69, 9.17) is 5.73 Å². The normalized spacial score (nSPS) is 8.71. The third kappa shape index (κ3) is 6.05. The summed E-state index contributed by atoms with van der Waals surface area (Å²) in [6.07, 6.45) is 1.09. The van der Waals surface area contributed by atoms with Crippen molar-refractivity contribution in [3.05, 3.63) is 12.0 Å². The van der Waals surface area contributed by atoms with Crippen molar-refractivity contribution in [1.29, 1.82) is 0 Å². The van der Waals surface area contributed by atoms with Crippen LogP contribution in [0.2, 0.25) is 0 Å². The summed E-state index contributed by atoms with van der Waals surface area (Å²) in [5, 5.41) is 1.84. The van der Waals surface area contributed by atoms with E-state index in [2.05, 4.69) is 6.58 Å². The van der Waals surface area contributed by atoms with Crippen molar-refractivity contribution < 1.29 is 0 Å². The Hall–Kier alpha value is 0.0500. The zero-order valence-electron chi connectivity index (χ0n) is 4.39. The molecule has 1 nitrogen and oxygen atoms in total. The van der Waals surface area contributed by atoms with Gasteiger partial charge in [-0.1, -0.05) is 6.58 Å². The summed E-state index contributed by atoms with van der Waals surface area (Å²) in [6, 6.07) is 0. The van der Waals surface area contributed by atoms with Gasteiger partial charge in [0.1, 0.15) is 0 Å². The Bertz CT molecular complexity index is 45.3. The lowest BCUT2D eigenvalue weighted by molar-refractivity contribution is 0.945. The van der Waals surface area contributed by atoms with Crippen LogP contribution in [0.5, 0.6) is 0 Å². The summed E-state index contributed by atoms with van der Waals surface area (Å²) >= 11 is 1.72. The summed E-state index contributed by atoms with van der Waals surface area (Å²) in [7, 11) is 0. The Morgan fingerprint density at radius 3 is 2.86 bits per heavy atom. The first-order valence-corrected chi connectivity index (χ1v) is 3.39. The first-order valence-electron chi connectivity index (χ1n) is 2.34. The van der Waals surface area contributed by atoms with E-state index in [-0.39, 0.29) is 0 Å². The standard InChI is InChI=1S/C5H11NS/c1-2-7-5-3-4-6/h2H,1,3-6H2. The van der Waals surface area contributed by atoms with E-state index in [1.807, 2.05) is 5.41 Å². The van der Waals surface area contributed by atoms with Crippen molar-refractivity contribution in [2.75, 3.05) is 12.3 Å². The predicted molar refractivity (Wildman–Crippen MR) is 36.3 cm³/mol. The Labute approximate surface area is 49.0 Å². The van der Waals surface area contributed by atoms with Gasteiger partial charge < -0.3 is 5.73 Å². The molecular formula is C5H11NS. The molecule has 42 valence electrons. The summed E-state index contributed by atoms with van der Waals surface area (Å²) in [6.45, 7) is 4.35. The van der Waals surface area contributed by atoms with Crippen LogP contribution in [-0.2, 0) is 0 Å². The molecule has 0 heterocycles. The van der Waals surface area contributed by atoms with E-state index in [0.717, 1.165) is 18.7 Å². The largest absolute Gasteiger partial charge is 0.330 e. The van der Waals surface area contributed by atoms with Crippen molar-refractivity contribution in [1.82, 2.24) is 0 Å². The van der Waals surface area contributed by atoms with Gasteiger partial charge in [-0.05, 0) is 24.1 Å². The molecular weight excluding hydrogens is 106 g/mol. The highest BCUT2D eigenvalue weighted by atomic mass is 32.2. The average Bonchev–Trinajstić information content (AvgIpc) is 1.69.